The number of carbonyl (C=O) groups excluding carboxylic acids is 1. The van der Waals surface area contributed by atoms with Gasteiger partial charge in [0.05, 0.1) is 60.9 Å². The third-order valence-electron chi connectivity index (χ3n) is 6.22. The lowest BCUT2D eigenvalue weighted by Crippen LogP contribution is -2.36. The van der Waals surface area contributed by atoms with Gasteiger partial charge in [0.25, 0.3) is 10.0 Å². The van der Waals surface area contributed by atoms with Gasteiger partial charge in [0.15, 0.2) is 5.03 Å². The second-order valence-electron chi connectivity index (χ2n) is 11.7. The molecule has 20 nitrogen and oxygen atoms in total. The number of methoxy groups -OCH3 is 2. The number of aromatic nitrogens is 10. The second kappa shape index (κ2) is 15.3. The number of carbonyl (C=O) groups is 1. The molecule has 4 heterocycles. The van der Waals surface area contributed by atoms with E-state index in [1.807, 2.05) is 39.3 Å². The summed E-state index contributed by atoms with van der Waals surface area (Å²) < 4.78 is 50.3. The summed E-state index contributed by atoms with van der Waals surface area (Å²) in [6.45, 7) is 9.47. The van der Waals surface area contributed by atoms with Crippen LogP contribution in [0.3, 0.4) is 0 Å². The van der Waals surface area contributed by atoms with Gasteiger partial charge in [0, 0.05) is 18.5 Å². The van der Waals surface area contributed by atoms with Crippen LogP contribution >= 0.6 is 23.2 Å². The monoisotopic (exact) mass is 768 g/mol. The maximum atomic E-state index is 12.8. The molecule has 0 saturated carbocycles. The van der Waals surface area contributed by atoms with E-state index in [1.165, 1.54) is 46.6 Å². The average molecular weight is 770 g/mol. The van der Waals surface area contributed by atoms with E-state index in [0.717, 1.165) is 14.2 Å². The number of urea groups is 1. The maximum Gasteiger partial charge on any atom is 0.442 e. The minimum Gasteiger partial charge on any atom is -0.489 e. The third-order valence-corrected chi connectivity index (χ3v) is 8.26. The number of amides is 2. The highest BCUT2D eigenvalue weighted by Crippen LogP contribution is 2.33. The molecule has 5 rings (SSSR count). The zero-order valence-corrected chi connectivity index (χ0v) is 31.1. The third kappa shape index (κ3) is 9.29. The Morgan fingerprint density at radius 2 is 1.65 bits per heavy atom. The molecule has 0 saturated heterocycles. The minimum atomic E-state index is -4.36. The zero-order chi connectivity index (χ0) is 37.8. The summed E-state index contributed by atoms with van der Waals surface area (Å²) in [5, 5.41) is 22.0. The van der Waals surface area contributed by atoms with Gasteiger partial charge in [0.1, 0.15) is 5.75 Å². The number of hydrogen-bond acceptors (Lipinski definition) is 15. The number of aryl methyl sites for hydroxylation is 2. The molecule has 2 N–H and O–H groups in total. The van der Waals surface area contributed by atoms with Crippen LogP contribution in [0.2, 0.25) is 10.0 Å². The summed E-state index contributed by atoms with van der Waals surface area (Å²) >= 11 is 12.3. The summed E-state index contributed by atoms with van der Waals surface area (Å²) in [4.78, 5) is 33.2. The summed E-state index contributed by atoms with van der Waals surface area (Å²) in [5.41, 5.74) is 0.0479. The van der Waals surface area contributed by atoms with Crippen LogP contribution in [0, 0.1) is 0 Å². The predicted octanol–water partition coefficient (Wildman–Crippen LogP) is 3.15. The standard InChI is InChI=1S/C15H18Cl2N2O3.C13H16N10O5S/c1-8(2)21-12-7-11(9(16)6-10(12)17)19-14(20)22-13(18-19)15(3,4)5;1-22-11(7(6-14-22)10-18-21-23(2)19-10)29(25,26)20-13(24)17-12-15-8(27-3)5-9(16-12)28-4/h6-8H,1-5H3;5-6H,1-4H3,(H2,15,16,17,20,24). The fourth-order valence-corrected chi connectivity index (χ4v) is 5.74. The van der Waals surface area contributed by atoms with Crippen molar-refractivity contribution in [1.82, 2.24) is 54.5 Å². The number of ether oxygens (including phenoxy) is 3. The van der Waals surface area contributed by atoms with E-state index in [-0.39, 0.29) is 50.7 Å². The Labute approximate surface area is 301 Å². The van der Waals surface area contributed by atoms with Crippen LogP contribution < -0.4 is 30.0 Å². The number of sulfonamides is 1. The number of hydrogen-bond donors (Lipinski definition) is 2. The van der Waals surface area contributed by atoms with Gasteiger partial charge in [-0.25, -0.2) is 14.3 Å². The van der Waals surface area contributed by atoms with Gasteiger partial charge >= 0.3 is 11.8 Å². The molecule has 0 aliphatic carbocycles. The van der Waals surface area contributed by atoms with Crippen LogP contribution in [0.25, 0.3) is 17.1 Å². The SMILES string of the molecule is CC(C)Oc1cc(-n2nc(C(C)(C)C)oc2=O)c(Cl)cc1Cl.COc1cc(OC)nc(NC(=O)NS(=O)(=O)c2c(-c3nnn(C)n3)cnn2C)n1. The molecule has 51 heavy (non-hydrogen) atoms. The molecule has 1 aromatic carbocycles. The van der Waals surface area contributed by atoms with Crippen molar-refractivity contribution in [3.63, 3.8) is 0 Å². The maximum absolute atomic E-state index is 12.8. The number of halogens is 2. The van der Waals surface area contributed by atoms with Crippen LogP contribution in [0.15, 0.2) is 38.6 Å². The van der Waals surface area contributed by atoms with Crippen molar-refractivity contribution < 1.29 is 31.8 Å². The largest absolute Gasteiger partial charge is 0.489 e. The molecule has 0 unspecified atom stereocenters. The van der Waals surface area contributed by atoms with Gasteiger partial charge in [-0.1, -0.05) is 44.0 Å². The van der Waals surface area contributed by atoms with Gasteiger partial charge in [-0.15, -0.1) is 15.3 Å². The fraction of sp³-hybridized carbons (Fsp3) is 0.393. The van der Waals surface area contributed by atoms with Crippen molar-refractivity contribution in [3.8, 4) is 34.6 Å². The van der Waals surface area contributed by atoms with E-state index in [2.05, 4.69) is 40.9 Å². The molecule has 0 aliphatic rings. The molecule has 5 aromatic rings. The van der Waals surface area contributed by atoms with E-state index in [1.54, 1.807) is 6.07 Å². The fourth-order valence-electron chi connectivity index (χ4n) is 4.01. The highest BCUT2D eigenvalue weighted by atomic mass is 35.5. The molecular formula is C28H34Cl2N12O8S. The molecule has 0 aliphatic heterocycles. The summed E-state index contributed by atoms with van der Waals surface area (Å²) in [7, 11) is 1.27. The van der Waals surface area contributed by atoms with Crippen LogP contribution in [-0.2, 0) is 29.5 Å². The second-order valence-corrected chi connectivity index (χ2v) is 14.1. The van der Waals surface area contributed by atoms with Gasteiger partial charge in [-0.2, -0.15) is 33.0 Å². The lowest BCUT2D eigenvalue weighted by Gasteiger charge is -2.13. The van der Waals surface area contributed by atoms with Crippen molar-refractivity contribution in [2.45, 2.75) is 51.2 Å². The van der Waals surface area contributed by atoms with Crippen molar-refractivity contribution in [2.24, 2.45) is 14.1 Å². The van der Waals surface area contributed by atoms with Gasteiger partial charge in [-0.05, 0) is 25.1 Å². The Morgan fingerprint density at radius 1 is 1.00 bits per heavy atom. The van der Waals surface area contributed by atoms with Crippen molar-refractivity contribution >= 4 is 45.2 Å². The van der Waals surface area contributed by atoms with Gasteiger partial charge < -0.3 is 18.6 Å². The molecule has 23 heteroatoms. The molecule has 274 valence electrons. The van der Waals surface area contributed by atoms with Crippen LogP contribution in [-0.4, -0.2) is 84.5 Å². The van der Waals surface area contributed by atoms with Crippen molar-refractivity contribution in [3.05, 3.63) is 50.9 Å². The first-order valence-electron chi connectivity index (χ1n) is 14.7. The Hall–Kier alpha value is -5.28. The summed E-state index contributed by atoms with van der Waals surface area (Å²) in [6, 6.07) is 3.38. The highest BCUT2D eigenvalue weighted by Gasteiger charge is 2.29. The quantitative estimate of drug-likeness (QED) is 0.219. The van der Waals surface area contributed by atoms with E-state index < -0.39 is 21.8 Å². The molecule has 0 atom stereocenters. The molecule has 2 amide bonds. The highest BCUT2D eigenvalue weighted by molar-refractivity contribution is 7.90. The average Bonchev–Trinajstić information content (AvgIpc) is 3.76. The lowest BCUT2D eigenvalue weighted by molar-refractivity contribution is 0.242. The minimum absolute atomic E-state index is 0.0299. The Morgan fingerprint density at radius 3 is 2.18 bits per heavy atom. The molecular weight excluding hydrogens is 735 g/mol. The first-order valence-corrected chi connectivity index (χ1v) is 16.9. The first-order chi connectivity index (χ1) is 23.8. The van der Waals surface area contributed by atoms with E-state index in [4.69, 9.17) is 41.8 Å². The van der Waals surface area contributed by atoms with E-state index in [9.17, 15) is 18.0 Å². The topological polar surface area (TPSA) is 238 Å². The number of benzene rings is 1. The Bertz CT molecular complexity index is 2180. The summed E-state index contributed by atoms with van der Waals surface area (Å²) in [5.74, 6) is 0.176. The van der Waals surface area contributed by atoms with Crippen molar-refractivity contribution in [1.29, 1.82) is 0 Å². The number of nitrogens with one attached hydrogen (secondary N) is 2. The number of nitrogens with zero attached hydrogens (tertiary/aromatic N) is 10. The molecule has 0 spiro atoms. The Kier molecular flexibility index (Phi) is 11.6. The van der Waals surface area contributed by atoms with Gasteiger partial charge in [0.2, 0.25) is 29.4 Å². The number of tetrazole rings is 1. The first kappa shape index (κ1) is 38.5. The normalized spacial score (nSPS) is 11.5. The smallest absolute Gasteiger partial charge is 0.442 e. The van der Waals surface area contributed by atoms with Crippen molar-refractivity contribution in [2.75, 3.05) is 19.5 Å². The zero-order valence-electron chi connectivity index (χ0n) is 28.8. The molecule has 0 bridgehead atoms. The number of anilines is 1. The van der Waals surface area contributed by atoms with Crippen LogP contribution in [0.5, 0.6) is 17.5 Å². The van der Waals surface area contributed by atoms with Crippen LogP contribution in [0.4, 0.5) is 10.7 Å². The predicted molar refractivity (Wildman–Crippen MR) is 182 cm³/mol. The molecule has 0 radical (unpaired) electrons. The molecule has 4 aromatic heterocycles. The molecule has 0 fully saturated rings. The lowest BCUT2D eigenvalue weighted by atomic mass is 9.97. The van der Waals surface area contributed by atoms with Crippen LogP contribution in [0.1, 0.15) is 40.5 Å². The van der Waals surface area contributed by atoms with E-state index >= 15 is 0 Å². The Balaban J connectivity index is 0.000000238. The summed E-state index contributed by atoms with van der Waals surface area (Å²) in [6.07, 6.45) is 1.19. The van der Waals surface area contributed by atoms with Gasteiger partial charge in [-0.3, -0.25) is 10.00 Å². The van der Waals surface area contributed by atoms with E-state index in [0.29, 0.717) is 22.4 Å². The number of rotatable bonds is 9.